The molecule has 1 saturated heterocycles. The van der Waals surface area contributed by atoms with Gasteiger partial charge in [0.05, 0.1) is 16.4 Å². The van der Waals surface area contributed by atoms with E-state index in [0.29, 0.717) is 5.92 Å². The third-order valence-corrected chi connectivity index (χ3v) is 4.64. The Balaban J connectivity index is 1.97. The van der Waals surface area contributed by atoms with Crippen LogP contribution in [0.3, 0.4) is 0 Å². The van der Waals surface area contributed by atoms with Crippen LogP contribution in [0.4, 0.5) is 0 Å². The monoisotopic (exact) mass is 313 g/mol. The summed E-state index contributed by atoms with van der Waals surface area (Å²) >= 11 is 6.44. The van der Waals surface area contributed by atoms with E-state index in [4.69, 9.17) is 16.7 Å². The van der Waals surface area contributed by atoms with Crippen molar-refractivity contribution in [1.29, 1.82) is 0 Å². The number of carboxylic acids is 1. The van der Waals surface area contributed by atoms with E-state index in [1.165, 1.54) is 0 Å². The van der Waals surface area contributed by atoms with Gasteiger partial charge in [0.1, 0.15) is 0 Å². The lowest BCUT2D eigenvalue weighted by Crippen LogP contribution is -2.22. The largest absolute Gasteiger partial charge is 0.481 e. The standard InChI is InChI=1S/C15H24ClN3O2/c1-3-12-15(16)13(19(4-2)17-12)10-18-8-7-11(9-18)5-6-14(20)21/h11H,3-10H2,1-2H3,(H,20,21). The molecular weight excluding hydrogens is 290 g/mol. The van der Waals surface area contributed by atoms with Crippen molar-refractivity contribution in [2.45, 2.75) is 52.6 Å². The topological polar surface area (TPSA) is 58.4 Å². The first-order valence-corrected chi connectivity index (χ1v) is 8.11. The van der Waals surface area contributed by atoms with Gasteiger partial charge in [0.2, 0.25) is 0 Å². The van der Waals surface area contributed by atoms with E-state index in [9.17, 15) is 4.79 Å². The predicted molar refractivity (Wildman–Crippen MR) is 82.5 cm³/mol. The minimum absolute atomic E-state index is 0.270. The van der Waals surface area contributed by atoms with Gasteiger partial charge in [0.15, 0.2) is 0 Å². The van der Waals surface area contributed by atoms with Crippen LogP contribution >= 0.6 is 11.6 Å². The van der Waals surface area contributed by atoms with Gasteiger partial charge in [0.25, 0.3) is 0 Å². The number of carbonyl (C=O) groups is 1. The first-order valence-electron chi connectivity index (χ1n) is 7.73. The molecule has 1 aromatic heterocycles. The van der Waals surface area contributed by atoms with Crippen LogP contribution in [0.15, 0.2) is 0 Å². The van der Waals surface area contributed by atoms with Crippen molar-refractivity contribution in [3.05, 3.63) is 16.4 Å². The van der Waals surface area contributed by atoms with Crippen molar-refractivity contribution in [3.63, 3.8) is 0 Å². The molecule has 1 unspecified atom stereocenters. The molecule has 0 bridgehead atoms. The third kappa shape index (κ3) is 3.98. The average molecular weight is 314 g/mol. The number of aromatic nitrogens is 2. The van der Waals surface area contributed by atoms with Gasteiger partial charge in [-0.25, -0.2) is 0 Å². The molecule has 0 aromatic carbocycles. The van der Waals surface area contributed by atoms with Crippen LogP contribution in [-0.2, 0) is 24.3 Å². The van der Waals surface area contributed by atoms with E-state index in [0.717, 1.165) is 61.9 Å². The van der Waals surface area contributed by atoms with Crippen molar-refractivity contribution < 1.29 is 9.90 Å². The quantitative estimate of drug-likeness (QED) is 0.841. The van der Waals surface area contributed by atoms with E-state index in [-0.39, 0.29) is 6.42 Å². The summed E-state index contributed by atoms with van der Waals surface area (Å²) in [5, 5.41) is 14.1. The Morgan fingerprint density at radius 1 is 1.48 bits per heavy atom. The zero-order valence-electron chi connectivity index (χ0n) is 12.8. The normalized spacial score (nSPS) is 19.3. The molecule has 1 aliphatic heterocycles. The zero-order valence-corrected chi connectivity index (χ0v) is 13.6. The molecule has 0 amide bonds. The van der Waals surface area contributed by atoms with E-state index in [1.54, 1.807) is 0 Å². The molecule has 2 heterocycles. The first-order chi connectivity index (χ1) is 10.0. The summed E-state index contributed by atoms with van der Waals surface area (Å²) in [6, 6.07) is 0. The van der Waals surface area contributed by atoms with Crippen LogP contribution in [0.5, 0.6) is 0 Å². The second-order valence-electron chi connectivity index (χ2n) is 5.70. The molecule has 21 heavy (non-hydrogen) atoms. The summed E-state index contributed by atoms with van der Waals surface area (Å²) in [6.07, 6.45) is 2.96. The molecule has 118 valence electrons. The number of likely N-dealkylation sites (tertiary alicyclic amines) is 1. The summed E-state index contributed by atoms with van der Waals surface area (Å²) in [6.45, 7) is 7.74. The number of aliphatic carboxylic acids is 1. The summed E-state index contributed by atoms with van der Waals surface area (Å²) in [4.78, 5) is 13.0. The lowest BCUT2D eigenvalue weighted by atomic mass is 10.0. The molecular formula is C15H24ClN3O2. The molecule has 6 heteroatoms. The summed E-state index contributed by atoms with van der Waals surface area (Å²) < 4.78 is 1.99. The van der Waals surface area contributed by atoms with Crippen LogP contribution in [0.2, 0.25) is 5.02 Å². The molecule has 2 rings (SSSR count). The first kappa shape index (κ1) is 16.3. The number of nitrogens with zero attached hydrogens (tertiary/aromatic N) is 3. The van der Waals surface area contributed by atoms with Crippen LogP contribution in [0, 0.1) is 5.92 Å². The molecule has 1 fully saturated rings. The minimum Gasteiger partial charge on any atom is -0.481 e. The smallest absolute Gasteiger partial charge is 0.303 e. The molecule has 0 radical (unpaired) electrons. The van der Waals surface area contributed by atoms with Crippen molar-refractivity contribution in [3.8, 4) is 0 Å². The summed E-state index contributed by atoms with van der Waals surface area (Å²) in [5.41, 5.74) is 2.06. The number of halogens is 1. The van der Waals surface area contributed by atoms with Gasteiger partial charge in [-0.3, -0.25) is 14.4 Å². The zero-order chi connectivity index (χ0) is 15.4. The maximum Gasteiger partial charge on any atom is 0.303 e. The fourth-order valence-electron chi connectivity index (χ4n) is 3.00. The maximum atomic E-state index is 10.6. The molecule has 0 aliphatic carbocycles. The molecule has 1 aromatic rings. The lowest BCUT2D eigenvalue weighted by Gasteiger charge is -2.17. The molecule has 0 spiro atoms. The van der Waals surface area contributed by atoms with Gasteiger partial charge >= 0.3 is 5.97 Å². The van der Waals surface area contributed by atoms with Crippen LogP contribution in [-0.4, -0.2) is 38.8 Å². The second kappa shape index (κ2) is 7.27. The number of hydrogen-bond acceptors (Lipinski definition) is 3. The fraction of sp³-hybridized carbons (Fsp3) is 0.733. The van der Waals surface area contributed by atoms with Crippen LogP contribution in [0.1, 0.15) is 44.5 Å². The van der Waals surface area contributed by atoms with E-state index < -0.39 is 5.97 Å². The maximum absolute atomic E-state index is 10.6. The number of hydrogen-bond donors (Lipinski definition) is 1. The highest BCUT2D eigenvalue weighted by molar-refractivity contribution is 6.31. The van der Waals surface area contributed by atoms with Gasteiger partial charge in [0, 0.05) is 26.1 Å². The molecule has 0 saturated carbocycles. The summed E-state index contributed by atoms with van der Waals surface area (Å²) in [7, 11) is 0. The van der Waals surface area contributed by atoms with Gasteiger partial charge in [-0.1, -0.05) is 18.5 Å². The lowest BCUT2D eigenvalue weighted by molar-refractivity contribution is -0.137. The molecule has 1 aliphatic rings. The highest BCUT2D eigenvalue weighted by atomic mass is 35.5. The Hall–Kier alpha value is -1.07. The Bertz CT molecular complexity index is 501. The average Bonchev–Trinajstić information content (AvgIpc) is 3.03. The fourth-order valence-corrected chi connectivity index (χ4v) is 3.33. The molecule has 1 N–H and O–H groups in total. The minimum atomic E-state index is -0.701. The second-order valence-corrected chi connectivity index (χ2v) is 6.08. The van der Waals surface area contributed by atoms with Crippen molar-refractivity contribution in [2.75, 3.05) is 13.1 Å². The predicted octanol–water partition coefficient (Wildman–Crippen LogP) is 2.81. The van der Waals surface area contributed by atoms with E-state index in [2.05, 4.69) is 23.8 Å². The SMILES string of the molecule is CCc1nn(CC)c(CN2CCC(CCC(=O)O)C2)c1Cl. The van der Waals surface area contributed by atoms with Crippen molar-refractivity contribution in [1.82, 2.24) is 14.7 Å². The highest BCUT2D eigenvalue weighted by Gasteiger charge is 2.25. The van der Waals surface area contributed by atoms with Crippen LogP contribution in [0.25, 0.3) is 0 Å². The van der Waals surface area contributed by atoms with Crippen LogP contribution < -0.4 is 0 Å². The van der Waals surface area contributed by atoms with E-state index >= 15 is 0 Å². The van der Waals surface area contributed by atoms with Gasteiger partial charge in [-0.05, 0) is 38.6 Å². The Morgan fingerprint density at radius 3 is 2.86 bits per heavy atom. The number of rotatable bonds is 7. The number of aryl methyl sites for hydroxylation is 2. The van der Waals surface area contributed by atoms with Gasteiger partial charge in [-0.2, -0.15) is 5.10 Å². The number of carboxylic acid groups (broad SMARTS) is 1. The highest BCUT2D eigenvalue weighted by Crippen LogP contribution is 2.27. The molecule has 5 nitrogen and oxygen atoms in total. The molecule has 1 atom stereocenters. The van der Waals surface area contributed by atoms with Gasteiger partial charge < -0.3 is 5.11 Å². The Morgan fingerprint density at radius 2 is 2.24 bits per heavy atom. The van der Waals surface area contributed by atoms with E-state index in [1.807, 2.05) is 4.68 Å². The Kier molecular flexibility index (Phi) is 5.65. The van der Waals surface area contributed by atoms with Crippen molar-refractivity contribution >= 4 is 17.6 Å². The van der Waals surface area contributed by atoms with Gasteiger partial charge in [-0.15, -0.1) is 0 Å². The third-order valence-electron chi connectivity index (χ3n) is 4.20. The van der Waals surface area contributed by atoms with Crippen molar-refractivity contribution in [2.24, 2.45) is 5.92 Å². The summed E-state index contributed by atoms with van der Waals surface area (Å²) in [5.74, 6) is -0.211. The Labute approximate surface area is 130 Å².